The van der Waals surface area contributed by atoms with Gasteiger partial charge in [0.2, 0.25) is 0 Å². The van der Waals surface area contributed by atoms with Gasteiger partial charge in [0.05, 0.1) is 0 Å². The van der Waals surface area contributed by atoms with E-state index < -0.39 is 0 Å². The van der Waals surface area contributed by atoms with Crippen molar-refractivity contribution in [2.24, 2.45) is 17.8 Å². The topological polar surface area (TPSA) is 37.4 Å². The van der Waals surface area contributed by atoms with Gasteiger partial charge in [-0.1, -0.05) is 72.3 Å². The van der Waals surface area contributed by atoms with Crippen LogP contribution in [0.5, 0.6) is 0 Å². The number of nitrogens with zero attached hydrogens (tertiary/aromatic N) is 1. The van der Waals surface area contributed by atoms with Crippen LogP contribution in [-0.2, 0) is 11.2 Å². The molecule has 3 heteroatoms. The Morgan fingerprint density at radius 3 is 2.23 bits per heavy atom. The van der Waals surface area contributed by atoms with Gasteiger partial charge in [-0.3, -0.25) is 4.79 Å². The highest BCUT2D eigenvalue weighted by atomic mass is 16.1. The maximum Gasteiger partial charge on any atom is 0.150 e. The number of piperidine rings is 1. The molecule has 2 unspecified atom stereocenters. The monoisotopic (exact) mass is 483 g/mol. The molecule has 1 aliphatic heterocycles. The second-order valence-corrected chi connectivity index (χ2v) is 9.94. The Balaban J connectivity index is 0.000000754. The maximum atomic E-state index is 11.3. The summed E-state index contributed by atoms with van der Waals surface area (Å²) < 4.78 is 0. The van der Waals surface area contributed by atoms with E-state index >= 15 is 0 Å². The third-order valence-corrected chi connectivity index (χ3v) is 7.20. The Kier molecular flexibility index (Phi) is 17.9. The lowest BCUT2D eigenvalue weighted by Gasteiger charge is -2.33. The molecule has 0 N–H and O–H groups in total. The fourth-order valence-corrected chi connectivity index (χ4v) is 4.01. The minimum Gasteiger partial charge on any atom is -0.372 e. The summed E-state index contributed by atoms with van der Waals surface area (Å²) in [6.45, 7) is 24.8. The highest BCUT2D eigenvalue weighted by molar-refractivity contribution is 5.78. The first-order chi connectivity index (χ1) is 16.7. The van der Waals surface area contributed by atoms with Crippen LogP contribution < -0.4 is 4.90 Å². The number of allylic oxidation sites excluding steroid dienone is 2. The van der Waals surface area contributed by atoms with Crippen molar-refractivity contribution < 1.29 is 9.59 Å². The maximum absolute atomic E-state index is 11.3. The van der Waals surface area contributed by atoms with Crippen molar-refractivity contribution in [3.05, 3.63) is 53.6 Å². The minimum absolute atomic E-state index is 0.544. The summed E-state index contributed by atoms with van der Waals surface area (Å²) in [7, 11) is 0. The van der Waals surface area contributed by atoms with Gasteiger partial charge in [0.1, 0.15) is 12.6 Å². The summed E-state index contributed by atoms with van der Waals surface area (Å²) in [6.07, 6.45) is 10.4. The largest absolute Gasteiger partial charge is 0.372 e. The zero-order chi connectivity index (χ0) is 26.8. The number of hydrogen-bond acceptors (Lipinski definition) is 3. The van der Waals surface area contributed by atoms with E-state index in [9.17, 15) is 9.59 Å². The molecule has 1 aromatic rings. The van der Waals surface area contributed by atoms with Crippen LogP contribution in [0.15, 0.2) is 42.5 Å². The Morgan fingerprint density at radius 2 is 1.74 bits per heavy atom. The van der Waals surface area contributed by atoms with E-state index in [1.807, 2.05) is 19.9 Å². The van der Waals surface area contributed by atoms with Crippen molar-refractivity contribution in [1.82, 2.24) is 0 Å². The van der Waals surface area contributed by atoms with E-state index in [0.717, 1.165) is 75.3 Å². The molecule has 1 saturated heterocycles. The zero-order valence-corrected chi connectivity index (χ0v) is 23.9. The van der Waals surface area contributed by atoms with Crippen molar-refractivity contribution in [3.63, 3.8) is 0 Å². The molecule has 1 heterocycles. The average molecular weight is 484 g/mol. The molecule has 1 aromatic carbocycles. The van der Waals surface area contributed by atoms with Gasteiger partial charge >= 0.3 is 0 Å². The number of rotatable bonds is 12. The summed E-state index contributed by atoms with van der Waals surface area (Å²) in [5.41, 5.74) is 5.84. The van der Waals surface area contributed by atoms with Crippen LogP contribution in [0.1, 0.15) is 109 Å². The zero-order valence-electron chi connectivity index (χ0n) is 23.9. The standard InChI is InChI=1S/C19H27NO2.C11H20.C2H6/c1-3-15(2)12-18-13-19(5-4-17(18)14-22)20-9-6-16(7-10-20)8-11-21;1-6-10(4)7-8-11(5)9(2)3;1-2/h4-5,11,13-16H,3,6-10,12H2,1-2H3;11H,2,4,6-8H2,1,3,5H3;1-2H3. The van der Waals surface area contributed by atoms with Crippen LogP contribution >= 0.6 is 0 Å². The van der Waals surface area contributed by atoms with Crippen LogP contribution in [0, 0.1) is 17.8 Å². The molecule has 0 aromatic heterocycles. The molecule has 1 aliphatic rings. The molecule has 0 radical (unpaired) electrons. The summed E-state index contributed by atoms with van der Waals surface area (Å²) in [4.78, 5) is 24.3. The van der Waals surface area contributed by atoms with Crippen LogP contribution in [0.2, 0.25) is 0 Å². The van der Waals surface area contributed by atoms with E-state index in [4.69, 9.17) is 0 Å². The fraction of sp³-hybridized carbons (Fsp3) is 0.625. The van der Waals surface area contributed by atoms with E-state index in [1.54, 1.807) is 0 Å². The van der Waals surface area contributed by atoms with Gasteiger partial charge in [0, 0.05) is 30.8 Å². The molecule has 2 atom stereocenters. The number of hydrogen-bond donors (Lipinski definition) is 0. The molecule has 198 valence electrons. The fourth-order valence-electron chi connectivity index (χ4n) is 4.01. The van der Waals surface area contributed by atoms with Crippen molar-refractivity contribution in [3.8, 4) is 0 Å². The van der Waals surface area contributed by atoms with Gasteiger partial charge in [-0.25, -0.2) is 0 Å². The molecule has 0 saturated carbocycles. The molecule has 0 bridgehead atoms. The van der Waals surface area contributed by atoms with Crippen molar-refractivity contribution in [1.29, 1.82) is 0 Å². The predicted molar refractivity (Wildman–Crippen MR) is 155 cm³/mol. The smallest absolute Gasteiger partial charge is 0.150 e. The number of carbonyl (C=O) groups is 2. The third-order valence-electron chi connectivity index (χ3n) is 7.20. The van der Waals surface area contributed by atoms with Gasteiger partial charge in [-0.2, -0.15) is 0 Å². The molecule has 35 heavy (non-hydrogen) atoms. The van der Waals surface area contributed by atoms with Gasteiger partial charge in [-0.15, -0.1) is 0 Å². The Labute approximate surface area is 217 Å². The highest BCUT2D eigenvalue weighted by Crippen LogP contribution is 2.27. The lowest BCUT2D eigenvalue weighted by molar-refractivity contribution is -0.108. The molecule has 0 amide bonds. The quantitative estimate of drug-likeness (QED) is 0.220. The van der Waals surface area contributed by atoms with Crippen molar-refractivity contribution in [2.45, 2.75) is 99.8 Å². The first-order valence-electron chi connectivity index (χ1n) is 13.8. The lowest BCUT2D eigenvalue weighted by atomic mass is 9.92. The number of aldehydes is 2. The van der Waals surface area contributed by atoms with E-state index in [0.29, 0.717) is 24.2 Å². The Hall–Kier alpha value is -2.16. The summed E-state index contributed by atoms with van der Waals surface area (Å²) in [5, 5.41) is 0. The molecular weight excluding hydrogens is 430 g/mol. The first kappa shape index (κ1) is 32.8. The van der Waals surface area contributed by atoms with E-state index in [2.05, 4.69) is 64.8 Å². The third kappa shape index (κ3) is 12.9. The van der Waals surface area contributed by atoms with E-state index in [-0.39, 0.29) is 0 Å². The van der Waals surface area contributed by atoms with Gasteiger partial charge < -0.3 is 9.69 Å². The number of carbonyl (C=O) groups excluding carboxylic acids is 2. The molecule has 0 aliphatic carbocycles. The second-order valence-electron chi connectivity index (χ2n) is 9.94. The van der Waals surface area contributed by atoms with Gasteiger partial charge in [0.25, 0.3) is 0 Å². The van der Waals surface area contributed by atoms with Crippen LogP contribution in [-0.4, -0.2) is 25.7 Å². The molecular formula is C32H53NO2. The first-order valence-corrected chi connectivity index (χ1v) is 13.8. The average Bonchev–Trinajstić information content (AvgIpc) is 2.89. The molecule has 2 rings (SSSR count). The second kappa shape index (κ2) is 19.1. The Bertz CT molecular complexity index is 759. The van der Waals surface area contributed by atoms with Crippen molar-refractivity contribution >= 4 is 18.3 Å². The van der Waals surface area contributed by atoms with Crippen LogP contribution in [0.4, 0.5) is 5.69 Å². The highest BCUT2D eigenvalue weighted by Gasteiger charge is 2.20. The van der Waals surface area contributed by atoms with Crippen LogP contribution in [0.3, 0.4) is 0 Å². The molecule has 0 spiro atoms. The minimum atomic E-state index is 0.544. The summed E-state index contributed by atoms with van der Waals surface area (Å²) in [5.74, 6) is 1.79. The van der Waals surface area contributed by atoms with Gasteiger partial charge in [0.15, 0.2) is 0 Å². The number of benzene rings is 1. The van der Waals surface area contributed by atoms with Gasteiger partial charge in [-0.05, 0) is 87.0 Å². The lowest BCUT2D eigenvalue weighted by Crippen LogP contribution is -2.33. The summed E-state index contributed by atoms with van der Waals surface area (Å²) >= 11 is 0. The van der Waals surface area contributed by atoms with E-state index in [1.165, 1.54) is 23.3 Å². The SMILES string of the molecule is C=C(CC)CCC(C)C(=C)C.CC.CCC(C)Cc1cc(N2CCC(CC=O)CC2)ccc1C=O. The Morgan fingerprint density at radius 1 is 1.11 bits per heavy atom. The van der Waals surface area contributed by atoms with Crippen LogP contribution in [0.25, 0.3) is 0 Å². The normalized spacial score (nSPS) is 15.0. The molecule has 1 fully saturated rings. The molecule has 3 nitrogen and oxygen atoms in total. The van der Waals surface area contributed by atoms with Crippen molar-refractivity contribution in [2.75, 3.05) is 18.0 Å². The predicted octanol–water partition coefficient (Wildman–Crippen LogP) is 8.86. The number of anilines is 1. The summed E-state index contributed by atoms with van der Waals surface area (Å²) in [6, 6.07) is 6.21.